The van der Waals surface area contributed by atoms with Gasteiger partial charge in [0.05, 0.1) is 18.3 Å². The van der Waals surface area contributed by atoms with Crippen molar-refractivity contribution < 1.29 is 9.53 Å². The van der Waals surface area contributed by atoms with Crippen LogP contribution in [-0.4, -0.2) is 66.1 Å². The molecule has 30 heavy (non-hydrogen) atoms. The van der Waals surface area contributed by atoms with Crippen LogP contribution in [0.4, 0.5) is 5.69 Å². The van der Waals surface area contributed by atoms with E-state index in [-0.39, 0.29) is 30.7 Å². The SMILES string of the molecule is Cc1c(C(=O)Nc2cccc(OCCCN(C)C)c2)nnn1C1CCNCC1.Cl.Cl. The Bertz CT molecular complexity index is 793. The van der Waals surface area contributed by atoms with E-state index in [4.69, 9.17) is 4.74 Å². The first-order valence-electron chi connectivity index (χ1n) is 9.86. The average molecular weight is 459 g/mol. The fraction of sp³-hybridized carbons (Fsp3) is 0.550. The Kier molecular flexibility index (Phi) is 11.1. The molecular weight excluding hydrogens is 427 g/mol. The molecule has 1 fully saturated rings. The number of aromatic nitrogens is 3. The quantitative estimate of drug-likeness (QED) is 0.591. The second kappa shape index (κ2) is 12.7. The monoisotopic (exact) mass is 458 g/mol. The number of hydrogen-bond acceptors (Lipinski definition) is 6. The molecule has 1 aliphatic heterocycles. The third-order valence-corrected chi connectivity index (χ3v) is 4.91. The molecule has 168 valence electrons. The van der Waals surface area contributed by atoms with Crippen LogP contribution in [0.15, 0.2) is 24.3 Å². The number of benzene rings is 1. The zero-order valence-corrected chi connectivity index (χ0v) is 19.4. The van der Waals surface area contributed by atoms with Gasteiger partial charge in [0.25, 0.3) is 5.91 Å². The van der Waals surface area contributed by atoms with E-state index in [0.29, 0.717) is 24.0 Å². The first-order chi connectivity index (χ1) is 13.5. The second-order valence-electron chi connectivity index (χ2n) is 7.44. The molecule has 10 heteroatoms. The van der Waals surface area contributed by atoms with Gasteiger partial charge in [0.2, 0.25) is 0 Å². The number of anilines is 1. The minimum atomic E-state index is -0.248. The summed E-state index contributed by atoms with van der Waals surface area (Å²) in [5.41, 5.74) is 1.86. The molecule has 0 radical (unpaired) electrons. The van der Waals surface area contributed by atoms with Crippen molar-refractivity contribution >= 4 is 36.4 Å². The van der Waals surface area contributed by atoms with Crippen molar-refractivity contribution in [3.63, 3.8) is 0 Å². The molecule has 2 heterocycles. The highest BCUT2D eigenvalue weighted by Crippen LogP contribution is 2.22. The van der Waals surface area contributed by atoms with Gasteiger partial charge in [-0.3, -0.25) is 4.79 Å². The summed E-state index contributed by atoms with van der Waals surface area (Å²) in [6, 6.07) is 7.74. The van der Waals surface area contributed by atoms with Crippen molar-refractivity contribution in [1.82, 2.24) is 25.2 Å². The smallest absolute Gasteiger partial charge is 0.278 e. The molecule has 2 aromatic rings. The van der Waals surface area contributed by atoms with Gasteiger partial charge in [-0.15, -0.1) is 29.9 Å². The van der Waals surface area contributed by atoms with Crippen LogP contribution in [0.2, 0.25) is 0 Å². The Morgan fingerprint density at radius 3 is 2.73 bits per heavy atom. The van der Waals surface area contributed by atoms with Gasteiger partial charge >= 0.3 is 0 Å². The number of halogens is 2. The standard InChI is InChI=1S/C20H30N6O2.2ClH/c1-15-19(23-24-26(15)17-8-10-21-11-9-17)20(27)22-16-6-4-7-18(14-16)28-13-5-12-25(2)3;;/h4,6-7,14,17,21H,5,8-13H2,1-3H3,(H,22,27);2*1H. The number of carbonyl (C=O) groups is 1. The predicted molar refractivity (Wildman–Crippen MR) is 123 cm³/mol. The molecule has 0 unspecified atom stereocenters. The van der Waals surface area contributed by atoms with Gasteiger partial charge in [-0.1, -0.05) is 11.3 Å². The number of piperidine rings is 1. The zero-order chi connectivity index (χ0) is 19.9. The Morgan fingerprint density at radius 1 is 1.30 bits per heavy atom. The largest absolute Gasteiger partial charge is 0.493 e. The number of nitrogens with one attached hydrogen (secondary N) is 2. The van der Waals surface area contributed by atoms with Gasteiger partial charge < -0.3 is 20.3 Å². The van der Waals surface area contributed by atoms with Crippen molar-refractivity contribution in [3.05, 3.63) is 35.7 Å². The molecule has 0 saturated carbocycles. The van der Waals surface area contributed by atoms with E-state index in [0.717, 1.165) is 50.3 Å². The third kappa shape index (κ3) is 7.12. The lowest BCUT2D eigenvalue weighted by Gasteiger charge is -2.23. The first-order valence-corrected chi connectivity index (χ1v) is 9.86. The molecule has 0 aliphatic carbocycles. The number of rotatable bonds is 8. The first kappa shape index (κ1) is 26.2. The Balaban J connectivity index is 0.00000225. The molecular formula is C20H32Cl2N6O2. The van der Waals surface area contributed by atoms with Crippen LogP contribution in [-0.2, 0) is 0 Å². The van der Waals surface area contributed by atoms with Crippen molar-refractivity contribution in [1.29, 1.82) is 0 Å². The predicted octanol–water partition coefficient (Wildman–Crippen LogP) is 2.94. The third-order valence-electron chi connectivity index (χ3n) is 4.91. The van der Waals surface area contributed by atoms with E-state index in [1.165, 1.54) is 0 Å². The van der Waals surface area contributed by atoms with Crippen LogP contribution in [0, 0.1) is 6.92 Å². The van der Waals surface area contributed by atoms with Crippen LogP contribution in [0.3, 0.4) is 0 Å². The lowest BCUT2D eigenvalue weighted by Crippen LogP contribution is -2.30. The Labute approximate surface area is 190 Å². The Morgan fingerprint density at radius 2 is 2.03 bits per heavy atom. The molecule has 3 rings (SSSR count). The molecule has 1 amide bonds. The van der Waals surface area contributed by atoms with Gasteiger partial charge in [0, 0.05) is 18.3 Å². The maximum atomic E-state index is 12.7. The van der Waals surface area contributed by atoms with Gasteiger partial charge in [0.1, 0.15) is 5.75 Å². The van der Waals surface area contributed by atoms with Crippen LogP contribution in [0.5, 0.6) is 5.75 Å². The normalized spacial score (nSPS) is 14.0. The molecule has 0 bridgehead atoms. The highest BCUT2D eigenvalue weighted by atomic mass is 35.5. The van der Waals surface area contributed by atoms with Crippen molar-refractivity contribution in [2.24, 2.45) is 0 Å². The van der Waals surface area contributed by atoms with E-state index < -0.39 is 0 Å². The van der Waals surface area contributed by atoms with E-state index in [2.05, 4.69) is 25.8 Å². The molecule has 1 aliphatic rings. The van der Waals surface area contributed by atoms with Gasteiger partial charge in [-0.05, 0) is 65.5 Å². The highest BCUT2D eigenvalue weighted by Gasteiger charge is 2.23. The van der Waals surface area contributed by atoms with Crippen molar-refractivity contribution in [2.45, 2.75) is 32.2 Å². The van der Waals surface area contributed by atoms with Crippen LogP contribution < -0.4 is 15.4 Å². The van der Waals surface area contributed by atoms with Crippen molar-refractivity contribution in [2.75, 3.05) is 45.7 Å². The number of nitrogens with zero attached hydrogens (tertiary/aromatic N) is 4. The molecule has 8 nitrogen and oxygen atoms in total. The number of ether oxygens (including phenoxy) is 1. The van der Waals surface area contributed by atoms with E-state index in [1.807, 2.05) is 50.0 Å². The molecule has 1 saturated heterocycles. The lowest BCUT2D eigenvalue weighted by atomic mass is 10.1. The zero-order valence-electron chi connectivity index (χ0n) is 17.8. The topological polar surface area (TPSA) is 84.3 Å². The molecule has 1 aromatic heterocycles. The summed E-state index contributed by atoms with van der Waals surface area (Å²) < 4.78 is 7.66. The van der Waals surface area contributed by atoms with Crippen LogP contribution in [0.1, 0.15) is 41.5 Å². The maximum Gasteiger partial charge on any atom is 0.278 e. The highest BCUT2D eigenvalue weighted by molar-refractivity contribution is 6.03. The van der Waals surface area contributed by atoms with Gasteiger partial charge in [0.15, 0.2) is 5.69 Å². The minimum Gasteiger partial charge on any atom is -0.493 e. The van der Waals surface area contributed by atoms with Crippen LogP contribution in [0.25, 0.3) is 0 Å². The fourth-order valence-corrected chi connectivity index (χ4v) is 3.37. The van der Waals surface area contributed by atoms with E-state index >= 15 is 0 Å². The second-order valence-corrected chi connectivity index (χ2v) is 7.44. The molecule has 0 atom stereocenters. The van der Waals surface area contributed by atoms with E-state index in [9.17, 15) is 4.79 Å². The summed E-state index contributed by atoms with van der Waals surface area (Å²) in [4.78, 5) is 14.8. The van der Waals surface area contributed by atoms with E-state index in [1.54, 1.807) is 0 Å². The van der Waals surface area contributed by atoms with Gasteiger partial charge in [-0.25, -0.2) is 4.68 Å². The molecule has 2 N–H and O–H groups in total. The van der Waals surface area contributed by atoms with Crippen LogP contribution >= 0.6 is 24.8 Å². The summed E-state index contributed by atoms with van der Waals surface area (Å²) >= 11 is 0. The van der Waals surface area contributed by atoms with Crippen molar-refractivity contribution in [3.8, 4) is 5.75 Å². The summed E-state index contributed by atoms with van der Waals surface area (Å²) in [6.45, 7) is 5.45. The molecule has 1 aromatic carbocycles. The van der Waals surface area contributed by atoms with Gasteiger partial charge in [-0.2, -0.15) is 0 Å². The lowest BCUT2D eigenvalue weighted by molar-refractivity contribution is 0.102. The average Bonchev–Trinajstić information content (AvgIpc) is 3.07. The summed E-state index contributed by atoms with van der Waals surface area (Å²) in [6.07, 6.45) is 2.94. The number of carbonyl (C=O) groups excluding carboxylic acids is 1. The minimum absolute atomic E-state index is 0. The Hall–Kier alpha value is -1.87. The summed E-state index contributed by atoms with van der Waals surface area (Å²) in [5, 5.41) is 14.6. The maximum absolute atomic E-state index is 12.7. The number of hydrogen-bond donors (Lipinski definition) is 2. The summed E-state index contributed by atoms with van der Waals surface area (Å²) in [5.74, 6) is 0.495. The summed E-state index contributed by atoms with van der Waals surface area (Å²) in [7, 11) is 4.08. The molecule has 0 spiro atoms. The number of amides is 1. The fourth-order valence-electron chi connectivity index (χ4n) is 3.37.